The fourth-order valence-electron chi connectivity index (χ4n) is 3.22. The highest BCUT2D eigenvalue weighted by molar-refractivity contribution is 6.29. The van der Waals surface area contributed by atoms with Gasteiger partial charge in [-0.3, -0.25) is 4.79 Å². The number of pyridine rings is 1. The van der Waals surface area contributed by atoms with Crippen LogP contribution in [-0.2, 0) is 0 Å². The summed E-state index contributed by atoms with van der Waals surface area (Å²) in [7, 11) is 0. The molecule has 0 saturated carbocycles. The highest BCUT2D eigenvalue weighted by Crippen LogP contribution is 2.27. The Kier molecular flexibility index (Phi) is 5.09. The molecule has 130 valence electrons. The first-order valence-electron chi connectivity index (χ1n) is 8.48. The van der Waals surface area contributed by atoms with Crippen molar-refractivity contribution in [2.75, 3.05) is 4.90 Å². The van der Waals surface area contributed by atoms with Crippen LogP contribution in [0.2, 0.25) is 5.15 Å². The monoisotopic (exact) mass is 355 g/mol. The molecule has 2 aromatic heterocycles. The van der Waals surface area contributed by atoms with Gasteiger partial charge in [0.1, 0.15) is 5.15 Å². The van der Waals surface area contributed by atoms with E-state index in [4.69, 9.17) is 11.6 Å². The topological polar surface area (TPSA) is 49.0 Å². The van der Waals surface area contributed by atoms with Crippen molar-refractivity contribution < 1.29 is 4.79 Å². The molecule has 2 heterocycles. The van der Waals surface area contributed by atoms with E-state index < -0.39 is 0 Å². The number of carbonyl (C=O) groups excluding carboxylic acids is 1. The van der Waals surface area contributed by atoms with Crippen LogP contribution < -0.4 is 4.90 Å². The van der Waals surface area contributed by atoms with Gasteiger partial charge in [-0.2, -0.15) is 0 Å². The van der Waals surface area contributed by atoms with Crippen molar-refractivity contribution >= 4 is 34.1 Å². The fourth-order valence-corrected chi connectivity index (χ4v) is 3.40. The van der Waals surface area contributed by atoms with Crippen molar-refractivity contribution in [3.05, 3.63) is 59.5 Å². The van der Waals surface area contributed by atoms with Crippen LogP contribution in [0.5, 0.6) is 0 Å². The van der Waals surface area contributed by atoms with Crippen molar-refractivity contribution in [2.45, 2.75) is 33.2 Å². The van der Waals surface area contributed by atoms with Crippen molar-refractivity contribution in [1.82, 2.24) is 9.97 Å². The molecule has 1 aromatic carbocycles. The SMILES string of the molecule is CC(C)CC(C)N(C(=O)c1ccnc(Cl)c1)c1ccc2[nH]ccc2c1. The van der Waals surface area contributed by atoms with Crippen molar-refractivity contribution in [1.29, 1.82) is 0 Å². The van der Waals surface area contributed by atoms with Crippen LogP contribution in [0.25, 0.3) is 10.9 Å². The Morgan fingerprint density at radius 1 is 1.20 bits per heavy atom. The zero-order valence-corrected chi connectivity index (χ0v) is 15.4. The first-order chi connectivity index (χ1) is 12.0. The van der Waals surface area contributed by atoms with E-state index in [-0.39, 0.29) is 11.9 Å². The molecule has 0 aliphatic heterocycles. The molecule has 0 bridgehead atoms. The Morgan fingerprint density at radius 3 is 2.72 bits per heavy atom. The Morgan fingerprint density at radius 2 is 2.00 bits per heavy atom. The third kappa shape index (κ3) is 3.85. The highest BCUT2D eigenvalue weighted by Gasteiger charge is 2.24. The molecule has 0 radical (unpaired) electrons. The summed E-state index contributed by atoms with van der Waals surface area (Å²) in [5.74, 6) is 0.426. The molecule has 0 spiro atoms. The summed E-state index contributed by atoms with van der Waals surface area (Å²) in [6, 6.07) is 11.4. The highest BCUT2D eigenvalue weighted by atomic mass is 35.5. The molecule has 0 aliphatic carbocycles. The molecule has 25 heavy (non-hydrogen) atoms. The minimum absolute atomic E-state index is 0.0627. The minimum Gasteiger partial charge on any atom is -0.361 e. The predicted molar refractivity (Wildman–Crippen MR) is 103 cm³/mol. The number of H-pyrrole nitrogens is 1. The first-order valence-corrected chi connectivity index (χ1v) is 8.85. The molecular weight excluding hydrogens is 334 g/mol. The molecule has 0 aliphatic rings. The lowest BCUT2D eigenvalue weighted by atomic mass is 10.0. The third-order valence-electron chi connectivity index (χ3n) is 4.26. The third-order valence-corrected chi connectivity index (χ3v) is 4.47. The van der Waals surface area contributed by atoms with Crippen LogP contribution in [0.3, 0.4) is 0 Å². The summed E-state index contributed by atoms with van der Waals surface area (Å²) in [6.07, 6.45) is 4.38. The number of hydrogen-bond donors (Lipinski definition) is 1. The number of aromatic nitrogens is 2. The van der Waals surface area contributed by atoms with Crippen LogP contribution in [0.15, 0.2) is 48.8 Å². The van der Waals surface area contributed by atoms with E-state index in [9.17, 15) is 4.79 Å². The summed E-state index contributed by atoms with van der Waals surface area (Å²) in [5, 5.41) is 1.41. The quantitative estimate of drug-likeness (QED) is 0.631. The van der Waals surface area contributed by atoms with Crippen LogP contribution >= 0.6 is 11.6 Å². The average molecular weight is 356 g/mol. The zero-order valence-electron chi connectivity index (χ0n) is 14.7. The second kappa shape index (κ2) is 7.28. The van der Waals surface area contributed by atoms with Gasteiger partial charge < -0.3 is 9.88 Å². The number of carbonyl (C=O) groups is 1. The molecule has 1 unspecified atom stereocenters. The molecule has 0 saturated heterocycles. The van der Waals surface area contributed by atoms with Gasteiger partial charge in [0.15, 0.2) is 0 Å². The molecule has 1 atom stereocenters. The van der Waals surface area contributed by atoms with E-state index >= 15 is 0 Å². The number of rotatable bonds is 5. The molecule has 1 N–H and O–H groups in total. The smallest absolute Gasteiger partial charge is 0.258 e. The molecule has 3 rings (SSSR count). The van der Waals surface area contributed by atoms with E-state index in [1.54, 1.807) is 18.3 Å². The van der Waals surface area contributed by atoms with Crippen molar-refractivity contribution in [3.8, 4) is 0 Å². The van der Waals surface area contributed by atoms with Crippen molar-refractivity contribution in [3.63, 3.8) is 0 Å². The van der Waals surface area contributed by atoms with Gasteiger partial charge in [0.05, 0.1) is 0 Å². The largest absolute Gasteiger partial charge is 0.361 e. The number of benzene rings is 1. The number of nitrogens with zero attached hydrogens (tertiary/aromatic N) is 2. The Bertz CT molecular complexity index is 887. The van der Waals surface area contributed by atoms with Gasteiger partial charge in [0, 0.05) is 40.6 Å². The standard InChI is InChI=1S/C20H22ClN3O/c1-13(2)10-14(3)24(20(25)16-7-9-23-19(21)12-16)17-4-5-18-15(11-17)6-8-22-18/h4-9,11-14,22H,10H2,1-3H3. The van der Waals surface area contributed by atoms with E-state index in [1.807, 2.05) is 35.4 Å². The minimum atomic E-state index is -0.0627. The van der Waals surface area contributed by atoms with Crippen LogP contribution in [0.1, 0.15) is 37.6 Å². The number of fused-ring (bicyclic) bond motifs is 1. The Balaban J connectivity index is 2.03. The van der Waals surface area contributed by atoms with Crippen LogP contribution in [-0.4, -0.2) is 21.9 Å². The first kappa shape index (κ1) is 17.5. The second-order valence-corrected chi connectivity index (χ2v) is 7.16. The maximum atomic E-state index is 13.2. The zero-order chi connectivity index (χ0) is 18.0. The maximum Gasteiger partial charge on any atom is 0.258 e. The normalized spacial score (nSPS) is 12.5. The number of aromatic amines is 1. The van der Waals surface area contributed by atoms with Gasteiger partial charge in [0.2, 0.25) is 0 Å². The average Bonchev–Trinajstić information content (AvgIpc) is 3.02. The molecule has 4 nitrogen and oxygen atoms in total. The number of anilines is 1. The summed E-state index contributed by atoms with van der Waals surface area (Å²) in [6.45, 7) is 6.41. The van der Waals surface area contributed by atoms with E-state index in [0.717, 1.165) is 23.0 Å². The summed E-state index contributed by atoms with van der Waals surface area (Å²) in [4.78, 5) is 22.2. The van der Waals surface area contributed by atoms with Gasteiger partial charge in [-0.15, -0.1) is 0 Å². The fraction of sp³-hybridized carbons (Fsp3) is 0.300. The van der Waals surface area contributed by atoms with Gasteiger partial charge >= 0.3 is 0 Å². The van der Waals surface area contributed by atoms with Gasteiger partial charge in [-0.1, -0.05) is 25.4 Å². The predicted octanol–water partition coefficient (Wildman–Crippen LogP) is 5.30. The maximum absolute atomic E-state index is 13.2. The Labute approximate surface area is 152 Å². The molecule has 0 fully saturated rings. The summed E-state index contributed by atoms with van der Waals surface area (Å²) < 4.78 is 0. The lowest BCUT2D eigenvalue weighted by Crippen LogP contribution is -2.39. The second-order valence-electron chi connectivity index (χ2n) is 6.77. The van der Waals surface area contributed by atoms with E-state index in [2.05, 4.69) is 30.7 Å². The van der Waals surface area contributed by atoms with E-state index in [1.165, 1.54) is 0 Å². The van der Waals surface area contributed by atoms with Gasteiger partial charge in [0.25, 0.3) is 5.91 Å². The van der Waals surface area contributed by atoms with Crippen LogP contribution in [0, 0.1) is 5.92 Å². The summed E-state index contributed by atoms with van der Waals surface area (Å²) in [5.41, 5.74) is 2.49. The summed E-state index contributed by atoms with van der Waals surface area (Å²) >= 11 is 5.98. The number of hydrogen-bond acceptors (Lipinski definition) is 2. The lowest BCUT2D eigenvalue weighted by molar-refractivity contribution is 0.0976. The number of amides is 1. The van der Waals surface area contributed by atoms with Gasteiger partial charge in [-0.05, 0) is 55.7 Å². The molecular formula is C20H22ClN3O. The molecule has 3 aromatic rings. The van der Waals surface area contributed by atoms with E-state index in [0.29, 0.717) is 16.6 Å². The number of halogens is 1. The van der Waals surface area contributed by atoms with Crippen LogP contribution in [0.4, 0.5) is 5.69 Å². The number of nitrogens with one attached hydrogen (secondary N) is 1. The van der Waals surface area contributed by atoms with Crippen molar-refractivity contribution in [2.24, 2.45) is 5.92 Å². The Hall–Kier alpha value is -2.33. The molecule has 1 amide bonds. The van der Waals surface area contributed by atoms with Gasteiger partial charge in [-0.25, -0.2) is 4.98 Å². The lowest BCUT2D eigenvalue weighted by Gasteiger charge is -2.31. The molecule has 5 heteroatoms.